The fraction of sp³-hybridized carbons (Fsp3) is 0.467. The van der Waals surface area contributed by atoms with Crippen molar-refractivity contribution in [2.75, 3.05) is 0 Å². The van der Waals surface area contributed by atoms with Crippen molar-refractivity contribution in [2.24, 2.45) is 0 Å². The van der Waals surface area contributed by atoms with Crippen LogP contribution in [0.15, 0.2) is 24.5 Å². The number of hydrogen-bond acceptors (Lipinski definition) is 3. The van der Waals surface area contributed by atoms with Crippen LogP contribution in [0.2, 0.25) is 0 Å². The molecule has 0 aliphatic rings. The summed E-state index contributed by atoms with van der Waals surface area (Å²) in [7, 11) is 0. The van der Waals surface area contributed by atoms with E-state index < -0.39 is 0 Å². The highest BCUT2D eigenvalue weighted by Crippen LogP contribution is 2.10. The first-order valence-electron chi connectivity index (χ1n) is 6.72. The summed E-state index contributed by atoms with van der Waals surface area (Å²) in [5, 5.41) is 7.69. The Bertz CT molecular complexity index is 523. The SMILES string of the molecule is Cc1cc(C)cc(Cn2ncnc2CNC(C)C)c1. The van der Waals surface area contributed by atoms with Crippen LogP contribution in [-0.4, -0.2) is 20.8 Å². The van der Waals surface area contributed by atoms with E-state index in [1.807, 2.05) is 4.68 Å². The average molecular weight is 258 g/mol. The van der Waals surface area contributed by atoms with Crippen LogP contribution in [0.4, 0.5) is 0 Å². The average Bonchev–Trinajstić information content (AvgIpc) is 2.72. The molecule has 2 aromatic rings. The molecule has 0 amide bonds. The van der Waals surface area contributed by atoms with Crippen molar-refractivity contribution in [3.8, 4) is 0 Å². The lowest BCUT2D eigenvalue weighted by Gasteiger charge is -2.10. The highest BCUT2D eigenvalue weighted by molar-refractivity contribution is 5.28. The quantitative estimate of drug-likeness (QED) is 0.895. The second-order valence-electron chi connectivity index (χ2n) is 5.37. The van der Waals surface area contributed by atoms with E-state index in [0.717, 1.165) is 18.9 Å². The van der Waals surface area contributed by atoms with Gasteiger partial charge in [-0.25, -0.2) is 9.67 Å². The van der Waals surface area contributed by atoms with Crippen LogP contribution in [0, 0.1) is 13.8 Å². The van der Waals surface area contributed by atoms with Crippen molar-refractivity contribution in [1.82, 2.24) is 20.1 Å². The fourth-order valence-corrected chi connectivity index (χ4v) is 2.19. The van der Waals surface area contributed by atoms with E-state index in [9.17, 15) is 0 Å². The molecule has 4 heteroatoms. The lowest BCUT2D eigenvalue weighted by atomic mass is 10.1. The second kappa shape index (κ2) is 5.97. The van der Waals surface area contributed by atoms with Gasteiger partial charge in [-0.3, -0.25) is 0 Å². The van der Waals surface area contributed by atoms with Gasteiger partial charge in [0.2, 0.25) is 0 Å². The van der Waals surface area contributed by atoms with E-state index in [1.165, 1.54) is 16.7 Å². The Morgan fingerprint density at radius 1 is 1.16 bits per heavy atom. The zero-order valence-electron chi connectivity index (χ0n) is 12.1. The first-order valence-corrected chi connectivity index (χ1v) is 6.72. The summed E-state index contributed by atoms with van der Waals surface area (Å²) in [6, 6.07) is 7.04. The van der Waals surface area contributed by atoms with Crippen LogP contribution >= 0.6 is 0 Å². The Morgan fingerprint density at radius 3 is 2.47 bits per heavy atom. The van der Waals surface area contributed by atoms with Crippen molar-refractivity contribution in [2.45, 2.75) is 46.8 Å². The van der Waals surface area contributed by atoms with Gasteiger partial charge in [0.05, 0.1) is 13.1 Å². The first kappa shape index (κ1) is 13.7. The topological polar surface area (TPSA) is 42.7 Å². The lowest BCUT2D eigenvalue weighted by molar-refractivity contribution is 0.538. The molecule has 0 radical (unpaired) electrons. The molecule has 0 atom stereocenters. The van der Waals surface area contributed by atoms with E-state index in [0.29, 0.717) is 6.04 Å². The number of aromatic nitrogens is 3. The van der Waals surface area contributed by atoms with Gasteiger partial charge in [-0.2, -0.15) is 5.10 Å². The molecule has 1 heterocycles. The van der Waals surface area contributed by atoms with Gasteiger partial charge >= 0.3 is 0 Å². The largest absolute Gasteiger partial charge is 0.308 e. The maximum atomic E-state index is 4.32. The normalized spacial score (nSPS) is 11.2. The summed E-state index contributed by atoms with van der Waals surface area (Å²) in [6.45, 7) is 10.0. The third-order valence-electron chi connectivity index (χ3n) is 2.98. The standard InChI is InChI=1S/C15H22N4/c1-11(2)16-8-15-17-10-18-19(15)9-14-6-12(3)5-13(4)7-14/h5-7,10-11,16H,8-9H2,1-4H3. The molecule has 0 unspecified atom stereocenters. The van der Waals surface area contributed by atoms with Gasteiger partial charge in [0.25, 0.3) is 0 Å². The van der Waals surface area contributed by atoms with E-state index in [1.54, 1.807) is 6.33 Å². The molecule has 0 aliphatic carbocycles. The molecule has 0 saturated carbocycles. The number of benzene rings is 1. The molecule has 1 aromatic carbocycles. The van der Waals surface area contributed by atoms with Crippen molar-refractivity contribution in [3.05, 3.63) is 47.0 Å². The summed E-state index contributed by atoms with van der Waals surface area (Å²) < 4.78 is 1.96. The third-order valence-corrected chi connectivity index (χ3v) is 2.98. The number of nitrogens with zero attached hydrogens (tertiary/aromatic N) is 3. The van der Waals surface area contributed by atoms with Crippen LogP contribution < -0.4 is 5.32 Å². The van der Waals surface area contributed by atoms with E-state index in [4.69, 9.17) is 0 Å². The molecule has 4 nitrogen and oxygen atoms in total. The van der Waals surface area contributed by atoms with Crippen LogP contribution in [0.3, 0.4) is 0 Å². The predicted molar refractivity (Wildman–Crippen MR) is 77.0 cm³/mol. The van der Waals surface area contributed by atoms with Crippen LogP contribution in [0.1, 0.15) is 36.4 Å². The molecule has 0 fully saturated rings. The maximum Gasteiger partial charge on any atom is 0.141 e. The van der Waals surface area contributed by atoms with E-state index in [-0.39, 0.29) is 0 Å². The highest BCUT2D eigenvalue weighted by atomic mass is 15.3. The minimum Gasteiger partial charge on any atom is -0.308 e. The number of nitrogens with one attached hydrogen (secondary N) is 1. The fourth-order valence-electron chi connectivity index (χ4n) is 2.19. The first-order chi connectivity index (χ1) is 9.04. The third kappa shape index (κ3) is 3.89. The zero-order chi connectivity index (χ0) is 13.8. The molecular formula is C15H22N4. The van der Waals surface area contributed by atoms with Crippen LogP contribution in [-0.2, 0) is 13.1 Å². The summed E-state index contributed by atoms with van der Waals surface area (Å²) >= 11 is 0. The van der Waals surface area contributed by atoms with Crippen LogP contribution in [0.5, 0.6) is 0 Å². The Balaban J connectivity index is 2.12. The predicted octanol–water partition coefficient (Wildman–Crippen LogP) is 2.44. The maximum absolute atomic E-state index is 4.32. The second-order valence-corrected chi connectivity index (χ2v) is 5.37. The zero-order valence-corrected chi connectivity index (χ0v) is 12.1. The molecule has 102 valence electrons. The van der Waals surface area contributed by atoms with Gasteiger partial charge < -0.3 is 5.32 Å². The van der Waals surface area contributed by atoms with Gasteiger partial charge in [0.1, 0.15) is 12.2 Å². The van der Waals surface area contributed by atoms with Crippen molar-refractivity contribution in [3.63, 3.8) is 0 Å². The molecule has 0 spiro atoms. The van der Waals surface area contributed by atoms with Crippen LogP contribution in [0.25, 0.3) is 0 Å². The highest BCUT2D eigenvalue weighted by Gasteiger charge is 2.06. The summed E-state index contributed by atoms with van der Waals surface area (Å²) in [6.07, 6.45) is 1.62. The molecule has 1 N–H and O–H groups in total. The summed E-state index contributed by atoms with van der Waals surface area (Å²) in [5.41, 5.74) is 3.85. The Morgan fingerprint density at radius 2 is 1.84 bits per heavy atom. The monoisotopic (exact) mass is 258 g/mol. The van der Waals surface area contributed by atoms with Gasteiger partial charge in [-0.05, 0) is 19.4 Å². The lowest BCUT2D eigenvalue weighted by Crippen LogP contribution is -2.24. The minimum atomic E-state index is 0.450. The molecule has 0 aliphatic heterocycles. The Labute approximate surface area is 114 Å². The molecular weight excluding hydrogens is 236 g/mol. The van der Waals surface area contributed by atoms with Crippen molar-refractivity contribution < 1.29 is 0 Å². The summed E-state index contributed by atoms with van der Waals surface area (Å²) in [5.74, 6) is 0.979. The van der Waals surface area contributed by atoms with Gasteiger partial charge in [-0.1, -0.05) is 43.2 Å². The van der Waals surface area contributed by atoms with Gasteiger partial charge in [0, 0.05) is 6.04 Å². The Kier molecular flexibility index (Phi) is 4.32. The minimum absolute atomic E-state index is 0.450. The number of aryl methyl sites for hydroxylation is 2. The molecule has 2 rings (SSSR count). The number of hydrogen-bond donors (Lipinski definition) is 1. The smallest absolute Gasteiger partial charge is 0.141 e. The molecule has 0 saturated heterocycles. The molecule has 1 aromatic heterocycles. The molecule has 19 heavy (non-hydrogen) atoms. The van der Waals surface area contributed by atoms with E-state index >= 15 is 0 Å². The van der Waals surface area contributed by atoms with Gasteiger partial charge in [0.15, 0.2) is 0 Å². The van der Waals surface area contributed by atoms with Gasteiger partial charge in [-0.15, -0.1) is 0 Å². The van der Waals surface area contributed by atoms with E-state index in [2.05, 4.69) is 61.3 Å². The number of rotatable bonds is 5. The van der Waals surface area contributed by atoms with Crippen molar-refractivity contribution >= 4 is 0 Å². The Hall–Kier alpha value is -1.68. The summed E-state index contributed by atoms with van der Waals surface area (Å²) in [4.78, 5) is 4.32. The van der Waals surface area contributed by atoms with Crippen molar-refractivity contribution in [1.29, 1.82) is 0 Å². The molecule has 0 bridgehead atoms.